The number of amides is 1. The van der Waals surface area contributed by atoms with Crippen LogP contribution in [0.4, 0.5) is 4.39 Å². The maximum absolute atomic E-state index is 13.9. The predicted octanol–water partition coefficient (Wildman–Crippen LogP) is 2.19. The fourth-order valence-corrected chi connectivity index (χ4v) is 4.64. The van der Waals surface area contributed by atoms with Crippen LogP contribution < -0.4 is 0 Å². The summed E-state index contributed by atoms with van der Waals surface area (Å²) in [5.41, 5.74) is 0.883. The number of imidazole rings is 1. The second-order valence-corrected chi connectivity index (χ2v) is 7.67. The lowest BCUT2D eigenvalue weighted by Gasteiger charge is -2.30. The molecule has 0 spiro atoms. The molecule has 6 nitrogen and oxygen atoms in total. The first-order valence-corrected chi connectivity index (χ1v) is 9.96. The fraction of sp³-hybridized carbons (Fsp3) is 0.524. The Kier molecular flexibility index (Phi) is 5.73. The Morgan fingerprint density at radius 2 is 2.18 bits per heavy atom. The summed E-state index contributed by atoms with van der Waals surface area (Å²) in [4.78, 5) is 21.2. The zero-order valence-electron chi connectivity index (χ0n) is 16.2. The summed E-state index contributed by atoms with van der Waals surface area (Å²) in [6, 6.07) is 6.60. The molecule has 0 N–H and O–H groups in total. The number of likely N-dealkylation sites (tertiary alicyclic amines) is 2. The number of rotatable bonds is 7. The standard InChI is InChI=1S/C21H27FN4O2/c1-2-28-14-20(27)26-12-17-11-25(9-8-24-7-6-23-15-24)13-19(17)21(26)16-4-3-5-18(22)10-16/h3-7,10,15,17,19,21H,2,8-9,11-14H2,1H3/t17-,19-,21+/m0/s1. The summed E-state index contributed by atoms with van der Waals surface area (Å²) in [6.45, 7) is 6.92. The van der Waals surface area contributed by atoms with Gasteiger partial charge < -0.3 is 19.1 Å². The van der Waals surface area contributed by atoms with Crippen molar-refractivity contribution in [3.8, 4) is 0 Å². The molecule has 1 aromatic heterocycles. The SMILES string of the molecule is CCOCC(=O)N1C[C@@H]2CN(CCn3ccnc3)C[C@@H]2[C@H]1c1cccc(F)c1. The third kappa shape index (κ3) is 3.95. The Morgan fingerprint density at radius 3 is 2.93 bits per heavy atom. The van der Waals surface area contributed by atoms with E-state index >= 15 is 0 Å². The number of fused-ring (bicyclic) bond motifs is 1. The molecule has 0 aliphatic carbocycles. The molecular weight excluding hydrogens is 359 g/mol. The Balaban J connectivity index is 1.49. The van der Waals surface area contributed by atoms with Crippen LogP contribution in [0.3, 0.4) is 0 Å². The summed E-state index contributed by atoms with van der Waals surface area (Å²) in [5, 5.41) is 0. The minimum Gasteiger partial charge on any atom is -0.372 e. The van der Waals surface area contributed by atoms with Gasteiger partial charge in [0, 0.05) is 57.6 Å². The molecule has 150 valence electrons. The first-order valence-electron chi connectivity index (χ1n) is 9.96. The minimum atomic E-state index is -0.256. The van der Waals surface area contributed by atoms with E-state index in [2.05, 4.69) is 14.5 Å². The van der Waals surface area contributed by atoms with Gasteiger partial charge in [-0.05, 0) is 30.5 Å². The third-order valence-corrected chi connectivity index (χ3v) is 5.91. The number of benzene rings is 1. The zero-order chi connectivity index (χ0) is 19.5. The van der Waals surface area contributed by atoms with Crippen LogP contribution in [-0.4, -0.2) is 64.7 Å². The van der Waals surface area contributed by atoms with Gasteiger partial charge in [-0.2, -0.15) is 0 Å². The van der Waals surface area contributed by atoms with Gasteiger partial charge in [-0.3, -0.25) is 4.79 Å². The van der Waals surface area contributed by atoms with Crippen LogP contribution in [-0.2, 0) is 16.1 Å². The molecule has 0 bridgehead atoms. The number of carbonyl (C=O) groups excluding carboxylic acids is 1. The van der Waals surface area contributed by atoms with Gasteiger partial charge in [0.05, 0.1) is 12.4 Å². The molecule has 7 heteroatoms. The number of ether oxygens (including phenoxy) is 1. The summed E-state index contributed by atoms with van der Waals surface area (Å²) < 4.78 is 21.3. The van der Waals surface area contributed by atoms with Crippen molar-refractivity contribution in [3.63, 3.8) is 0 Å². The number of hydrogen-bond acceptors (Lipinski definition) is 4. The minimum absolute atomic E-state index is 0.00419. The highest BCUT2D eigenvalue weighted by Crippen LogP contribution is 2.45. The van der Waals surface area contributed by atoms with Crippen molar-refractivity contribution in [2.24, 2.45) is 11.8 Å². The van der Waals surface area contributed by atoms with E-state index < -0.39 is 0 Å². The fourth-order valence-electron chi connectivity index (χ4n) is 4.64. The number of hydrogen-bond donors (Lipinski definition) is 0. The Hall–Kier alpha value is -2.25. The molecule has 0 radical (unpaired) electrons. The maximum atomic E-state index is 13.9. The number of halogens is 1. The quantitative estimate of drug-likeness (QED) is 0.732. The van der Waals surface area contributed by atoms with Crippen LogP contribution in [0.15, 0.2) is 43.0 Å². The van der Waals surface area contributed by atoms with E-state index in [1.54, 1.807) is 18.3 Å². The monoisotopic (exact) mass is 386 g/mol. The van der Waals surface area contributed by atoms with Gasteiger partial charge in [0.1, 0.15) is 12.4 Å². The highest BCUT2D eigenvalue weighted by Gasteiger charge is 2.48. The van der Waals surface area contributed by atoms with Crippen LogP contribution in [0.25, 0.3) is 0 Å². The molecule has 2 aliphatic heterocycles. The predicted molar refractivity (Wildman–Crippen MR) is 103 cm³/mol. The smallest absolute Gasteiger partial charge is 0.249 e. The molecule has 1 aromatic carbocycles. The van der Waals surface area contributed by atoms with Gasteiger partial charge in [-0.15, -0.1) is 0 Å². The molecule has 3 heterocycles. The molecule has 1 amide bonds. The topological polar surface area (TPSA) is 50.6 Å². The van der Waals surface area contributed by atoms with Gasteiger partial charge in [-0.25, -0.2) is 9.37 Å². The molecule has 0 unspecified atom stereocenters. The maximum Gasteiger partial charge on any atom is 0.249 e. The Morgan fingerprint density at radius 1 is 1.29 bits per heavy atom. The van der Waals surface area contributed by atoms with E-state index in [0.29, 0.717) is 25.0 Å². The molecular formula is C21H27FN4O2. The largest absolute Gasteiger partial charge is 0.372 e. The zero-order valence-corrected chi connectivity index (χ0v) is 16.2. The third-order valence-electron chi connectivity index (χ3n) is 5.91. The summed E-state index contributed by atoms with van der Waals surface area (Å²) >= 11 is 0. The van der Waals surface area contributed by atoms with E-state index in [1.807, 2.05) is 30.4 Å². The molecule has 2 aliphatic rings. The van der Waals surface area contributed by atoms with Crippen molar-refractivity contribution in [2.75, 3.05) is 39.4 Å². The average molecular weight is 386 g/mol. The molecule has 0 saturated carbocycles. The van der Waals surface area contributed by atoms with Crippen molar-refractivity contribution in [1.82, 2.24) is 19.4 Å². The van der Waals surface area contributed by atoms with Crippen molar-refractivity contribution >= 4 is 5.91 Å². The second-order valence-electron chi connectivity index (χ2n) is 7.67. The average Bonchev–Trinajstić information content (AvgIpc) is 3.40. The molecule has 28 heavy (non-hydrogen) atoms. The number of aromatic nitrogens is 2. The van der Waals surface area contributed by atoms with Crippen molar-refractivity contribution in [2.45, 2.75) is 19.5 Å². The van der Waals surface area contributed by atoms with Gasteiger partial charge >= 0.3 is 0 Å². The summed E-state index contributed by atoms with van der Waals surface area (Å²) in [6.07, 6.45) is 5.60. The molecule has 2 saturated heterocycles. The summed E-state index contributed by atoms with van der Waals surface area (Å²) in [5.74, 6) is 0.459. The molecule has 4 rings (SSSR count). The number of carbonyl (C=O) groups is 1. The lowest BCUT2D eigenvalue weighted by atomic mass is 9.89. The summed E-state index contributed by atoms with van der Waals surface area (Å²) in [7, 11) is 0. The van der Waals surface area contributed by atoms with E-state index in [9.17, 15) is 9.18 Å². The number of nitrogens with zero attached hydrogens (tertiary/aromatic N) is 4. The normalized spacial score (nSPS) is 24.6. The van der Waals surface area contributed by atoms with Crippen LogP contribution in [0.1, 0.15) is 18.5 Å². The van der Waals surface area contributed by atoms with Crippen molar-refractivity contribution < 1.29 is 13.9 Å². The van der Waals surface area contributed by atoms with Crippen LogP contribution in [0, 0.1) is 17.7 Å². The van der Waals surface area contributed by atoms with Crippen molar-refractivity contribution in [3.05, 3.63) is 54.4 Å². The van der Waals surface area contributed by atoms with Crippen LogP contribution in [0.2, 0.25) is 0 Å². The van der Waals surface area contributed by atoms with E-state index in [0.717, 1.165) is 31.7 Å². The molecule has 2 fully saturated rings. The van der Waals surface area contributed by atoms with Crippen molar-refractivity contribution in [1.29, 1.82) is 0 Å². The van der Waals surface area contributed by atoms with Gasteiger partial charge in [-0.1, -0.05) is 12.1 Å². The highest BCUT2D eigenvalue weighted by molar-refractivity contribution is 5.78. The van der Waals surface area contributed by atoms with E-state index in [1.165, 1.54) is 6.07 Å². The van der Waals surface area contributed by atoms with E-state index in [-0.39, 0.29) is 24.4 Å². The first-order chi connectivity index (χ1) is 13.7. The van der Waals surface area contributed by atoms with Gasteiger partial charge in [0.2, 0.25) is 5.91 Å². The second kappa shape index (κ2) is 8.41. The molecule has 3 atom stereocenters. The Labute approximate surface area is 164 Å². The van der Waals surface area contributed by atoms with Gasteiger partial charge in [0.15, 0.2) is 0 Å². The van der Waals surface area contributed by atoms with E-state index in [4.69, 9.17) is 4.74 Å². The highest BCUT2D eigenvalue weighted by atomic mass is 19.1. The Bertz CT molecular complexity index is 797. The van der Waals surface area contributed by atoms with Gasteiger partial charge in [0.25, 0.3) is 0 Å². The van der Waals surface area contributed by atoms with Crippen LogP contribution in [0.5, 0.6) is 0 Å². The first kappa shape index (κ1) is 19.1. The van der Waals surface area contributed by atoms with Crippen LogP contribution >= 0.6 is 0 Å². The molecule has 2 aromatic rings. The lowest BCUT2D eigenvalue weighted by molar-refractivity contribution is -0.137. The lowest BCUT2D eigenvalue weighted by Crippen LogP contribution is -2.38.